The van der Waals surface area contributed by atoms with Crippen molar-refractivity contribution in [3.8, 4) is 0 Å². The van der Waals surface area contributed by atoms with E-state index >= 15 is 0 Å². The highest BCUT2D eigenvalue weighted by Crippen LogP contribution is 2.34. The van der Waals surface area contributed by atoms with Crippen molar-refractivity contribution in [1.82, 2.24) is 5.32 Å². The fourth-order valence-corrected chi connectivity index (χ4v) is 3.81. The topological polar surface area (TPSA) is 29.1 Å². The lowest BCUT2D eigenvalue weighted by molar-refractivity contribution is 0.0926. The number of carbonyl (C=O) groups is 1. The molecule has 0 saturated heterocycles. The Morgan fingerprint density at radius 3 is 2.79 bits per heavy atom. The van der Waals surface area contributed by atoms with Crippen LogP contribution in [0.1, 0.15) is 43.5 Å². The molecule has 2 nitrogen and oxygen atoms in total. The molecule has 0 spiro atoms. The molecule has 0 radical (unpaired) electrons. The van der Waals surface area contributed by atoms with Crippen molar-refractivity contribution in [2.24, 2.45) is 11.8 Å². The molecule has 1 aliphatic carbocycles. The lowest BCUT2D eigenvalue weighted by Gasteiger charge is -2.21. The van der Waals surface area contributed by atoms with Gasteiger partial charge in [0, 0.05) is 15.5 Å². The van der Waals surface area contributed by atoms with Gasteiger partial charge in [0.25, 0.3) is 5.91 Å². The first kappa shape index (κ1) is 14.9. The van der Waals surface area contributed by atoms with Crippen LogP contribution in [0.3, 0.4) is 0 Å². The monoisotopic (exact) mass is 343 g/mol. The predicted octanol–water partition coefficient (Wildman–Crippen LogP) is 4.66. The van der Waals surface area contributed by atoms with Crippen LogP contribution in [0.4, 0.5) is 0 Å². The molecule has 19 heavy (non-hydrogen) atoms. The fraction of sp³-hybridized carbons (Fsp3) is 0.533. The van der Waals surface area contributed by atoms with E-state index in [0.717, 1.165) is 16.8 Å². The molecule has 1 saturated carbocycles. The molecular weight excluding hydrogens is 326 g/mol. The van der Waals surface area contributed by atoms with E-state index in [4.69, 9.17) is 11.6 Å². The molecule has 4 heteroatoms. The standard InChI is InChI=1S/C15H19BrClNO/c1-3-10-4-7-14(9(10)2)18-15(19)12-6-5-11(17)8-13(12)16/h5-6,8-10,14H,3-4,7H2,1-2H3,(H,18,19). The summed E-state index contributed by atoms with van der Waals surface area (Å²) in [7, 11) is 0. The van der Waals surface area contributed by atoms with Gasteiger partial charge < -0.3 is 5.32 Å². The molecule has 1 aromatic rings. The molecule has 2 rings (SSSR count). The van der Waals surface area contributed by atoms with Crippen molar-refractivity contribution in [2.45, 2.75) is 39.2 Å². The third kappa shape index (κ3) is 3.32. The normalized spacial score (nSPS) is 26.4. The average Bonchev–Trinajstić information content (AvgIpc) is 2.70. The molecular formula is C15H19BrClNO. The zero-order chi connectivity index (χ0) is 14.0. The zero-order valence-corrected chi connectivity index (χ0v) is 13.6. The molecule has 0 heterocycles. The fourth-order valence-electron chi connectivity index (χ4n) is 2.95. The Labute approximate surface area is 128 Å². The van der Waals surface area contributed by atoms with E-state index in [1.54, 1.807) is 18.2 Å². The first-order chi connectivity index (χ1) is 9.02. The number of benzene rings is 1. The van der Waals surface area contributed by atoms with Crippen molar-refractivity contribution in [3.05, 3.63) is 33.3 Å². The zero-order valence-electron chi connectivity index (χ0n) is 11.2. The Kier molecular flexibility index (Phi) is 4.91. The van der Waals surface area contributed by atoms with Gasteiger partial charge >= 0.3 is 0 Å². The maximum absolute atomic E-state index is 12.3. The van der Waals surface area contributed by atoms with E-state index < -0.39 is 0 Å². The van der Waals surface area contributed by atoms with Gasteiger partial charge in [-0.25, -0.2) is 0 Å². The van der Waals surface area contributed by atoms with Gasteiger partial charge in [-0.1, -0.05) is 31.9 Å². The van der Waals surface area contributed by atoms with E-state index in [1.165, 1.54) is 12.8 Å². The van der Waals surface area contributed by atoms with Crippen LogP contribution in [0.2, 0.25) is 5.02 Å². The molecule has 3 atom stereocenters. The number of carbonyl (C=O) groups excluding carboxylic acids is 1. The molecule has 1 aliphatic rings. The lowest BCUT2D eigenvalue weighted by Crippen LogP contribution is -2.37. The summed E-state index contributed by atoms with van der Waals surface area (Å²) in [4.78, 5) is 12.3. The van der Waals surface area contributed by atoms with Crippen molar-refractivity contribution >= 4 is 33.4 Å². The minimum atomic E-state index is -0.0165. The van der Waals surface area contributed by atoms with Gasteiger partial charge in [-0.05, 0) is 58.8 Å². The number of halogens is 2. The van der Waals surface area contributed by atoms with Gasteiger partial charge in [-0.2, -0.15) is 0 Å². The summed E-state index contributed by atoms with van der Waals surface area (Å²) in [5, 5.41) is 3.79. The number of rotatable bonds is 3. The van der Waals surface area contributed by atoms with Crippen molar-refractivity contribution in [3.63, 3.8) is 0 Å². The SMILES string of the molecule is CCC1CCC(NC(=O)c2ccc(Cl)cc2Br)C1C. The second-order valence-electron chi connectivity index (χ2n) is 5.31. The highest BCUT2D eigenvalue weighted by atomic mass is 79.9. The molecule has 0 aliphatic heterocycles. The molecule has 1 aromatic carbocycles. The third-order valence-corrected chi connectivity index (χ3v) is 5.13. The van der Waals surface area contributed by atoms with Gasteiger partial charge in [0.2, 0.25) is 0 Å². The van der Waals surface area contributed by atoms with Crippen molar-refractivity contribution in [1.29, 1.82) is 0 Å². The number of hydrogen-bond acceptors (Lipinski definition) is 1. The van der Waals surface area contributed by atoms with E-state index in [-0.39, 0.29) is 5.91 Å². The van der Waals surface area contributed by atoms with E-state index in [2.05, 4.69) is 35.1 Å². The highest BCUT2D eigenvalue weighted by molar-refractivity contribution is 9.10. The summed E-state index contributed by atoms with van der Waals surface area (Å²) in [5.74, 6) is 1.27. The van der Waals surface area contributed by atoms with Crippen LogP contribution in [-0.2, 0) is 0 Å². The predicted molar refractivity (Wildman–Crippen MR) is 82.6 cm³/mol. The first-order valence-electron chi connectivity index (χ1n) is 6.78. The van der Waals surface area contributed by atoms with Crippen LogP contribution in [0, 0.1) is 11.8 Å². The Hall–Kier alpha value is -0.540. The molecule has 0 bridgehead atoms. The van der Waals surface area contributed by atoms with Crippen LogP contribution in [0.25, 0.3) is 0 Å². The third-order valence-electron chi connectivity index (χ3n) is 4.24. The molecule has 1 amide bonds. The van der Waals surface area contributed by atoms with Gasteiger partial charge in [0.05, 0.1) is 5.56 Å². The van der Waals surface area contributed by atoms with E-state index in [1.807, 2.05) is 0 Å². The van der Waals surface area contributed by atoms with Crippen LogP contribution in [0.15, 0.2) is 22.7 Å². The summed E-state index contributed by atoms with van der Waals surface area (Å²) >= 11 is 9.28. The maximum atomic E-state index is 12.3. The average molecular weight is 345 g/mol. The van der Waals surface area contributed by atoms with Gasteiger partial charge in [-0.3, -0.25) is 4.79 Å². The Bertz CT molecular complexity index is 477. The first-order valence-corrected chi connectivity index (χ1v) is 7.96. The summed E-state index contributed by atoms with van der Waals surface area (Å²) in [5.41, 5.74) is 0.650. The largest absolute Gasteiger partial charge is 0.349 e. The lowest BCUT2D eigenvalue weighted by atomic mass is 9.93. The molecule has 1 N–H and O–H groups in total. The minimum absolute atomic E-state index is 0.0165. The minimum Gasteiger partial charge on any atom is -0.349 e. The number of amides is 1. The Morgan fingerprint density at radius 2 is 2.21 bits per heavy atom. The van der Waals surface area contributed by atoms with Gasteiger partial charge in [0.15, 0.2) is 0 Å². The molecule has 104 valence electrons. The Balaban J connectivity index is 2.05. The summed E-state index contributed by atoms with van der Waals surface area (Å²) in [6.07, 6.45) is 3.49. The van der Waals surface area contributed by atoms with Crippen LogP contribution < -0.4 is 5.32 Å². The number of nitrogens with one attached hydrogen (secondary N) is 1. The quantitative estimate of drug-likeness (QED) is 0.849. The van der Waals surface area contributed by atoms with Crippen LogP contribution in [0.5, 0.6) is 0 Å². The smallest absolute Gasteiger partial charge is 0.252 e. The summed E-state index contributed by atoms with van der Waals surface area (Å²) in [6.45, 7) is 4.46. The molecule has 1 fully saturated rings. The Morgan fingerprint density at radius 1 is 1.47 bits per heavy atom. The second-order valence-corrected chi connectivity index (χ2v) is 6.60. The van der Waals surface area contributed by atoms with Gasteiger partial charge in [0.1, 0.15) is 0 Å². The molecule has 3 unspecified atom stereocenters. The number of hydrogen-bond donors (Lipinski definition) is 1. The van der Waals surface area contributed by atoms with E-state index in [9.17, 15) is 4.79 Å². The van der Waals surface area contributed by atoms with Crippen molar-refractivity contribution < 1.29 is 4.79 Å². The summed E-state index contributed by atoms with van der Waals surface area (Å²) in [6, 6.07) is 5.55. The maximum Gasteiger partial charge on any atom is 0.252 e. The molecule has 0 aromatic heterocycles. The second kappa shape index (κ2) is 6.27. The van der Waals surface area contributed by atoms with Gasteiger partial charge in [-0.15, -0.1) is 0 Å². The highest BCUT2D eigenvalue weighted by Gasteiger charge is 2.32. The van der Waals surface area contributed by atoms with Crippen molar-refractivity contribution in [2.75, 3.05) is 0 Å². The van der Waals surface area contributed by atoms with E-state index in [0.29, 0.717) is 22.5 Å². The van der Waals surface area contributed by atoms with Crippen LogP contribution >= 0.6 is 27.5 Å². The summed E-state index contributed by atoms with van der Waals surface area (Å²) < 4.78 is 0.746. The van der Waals surface area contributed by atoms with Crippen LogP contribution in [-0.4, -0.2) is 11.9 Å².